The molecular weight excluding hydrogens is 506 g/mol. The number of methoxy groups -OCH3 is 1. The lowest BCUT2D eigenvalue weighted by Gasteiger charge is -2.17. The summed E-state index contributed by atoms with van der Waals surface area (Å²) in [7, 11) is 1.33. The molecule has 0 amide bonds. The van der Waals surface area contributed by atoms with Crippen molar-refractivity contribution in [3.05, 3.63) is 93.8 Å². The van der Waals surface area contributed by atoms with E-state index in [0.717, 1.165) is 27.5 Å². The number of carbonyl (C=O) groups excluding carboxylic acids is 1. The molecule has 33 heavy (non-hydrogen) atoms. The summed E-state index contributed by atoms with van der Waals surface area (Å²) in [4.78, 5) is 17.4. The van der Waals surface area contributed by atoms with Gasteiger partial charge in [-0.3, -0.25) is 0 Å². The lowest BCUT2D eigenvalue weighted by Crippen LogP contribution is -2.13. The van der Waals surface area contributed by atoms with E-state index < -0.39 is 5.97 Å². The number of fused-ring (bicyclic) bond motifs is 3. The van der Waals surface area contributed by atoms with E-state index >= 15 is 0 Å². The van der Waals surface area contributed by atoms with Crippen LogP contribution in [0.15, 0.2) is 77.5 Å². The van der Waals surface area contributed by atoms with Crippen LogP contribution < -0.4 is 4.74 Å². The van der Waals surface area contributed by atoms with Crippen LogP contribution in [0.1, 0.15) is 16.1 Å². The van der Waals surface area contributed by atoms with Gasteiger partial charge in [-0.05, 0) is 44.8 Å². The van der Waals surface area contributed by atoms with E-state index in [1.54, 1.807) is 0 Å². The Bertz CT molecular complexity index is 1500. The van der Waals surface area contributed by atoms with Crippen molar-refractivity contribution in [1.82, 2.24) is 14.6 Å². The lowest BCUT2D eigenvalue weighted by atomic mass is 9.98. The number of benzene rings is 3. The third kappa shape index (κ3) is 3.94. The maximum Gasteiger partial charge on any atom is 0.360 e. The van der Waals surface area contributed by atoms with E-state index in [-0.39, 0.29) is 12.3 Å². The first-order valence-corrected chi connectivity index (χ1v) is 11.3. The van der Waals surface area contributed by atoms with Crippen LogP contribution in [0.2, 0.25) is 5.02 Å². The molecular formula is C25H17BrClN3O3. The molecule has 5 aromatic rings. The zero-order valence-corrected chi connectivity index (χ0v) is 19.8. The third-order valence-corrected chi connectivity index (χ3v) is 5.85. The molecule has 6 nitrogen and oxygen atoms in total. The van der Waals surface area contributed by atoms with Crippen molar-refractivity contribution in [1.29, 1.82) is 0 Å². The summed E-state index contributed by atoms with van der Waals surface area (Å²) in [5.41, 5.74) is 3.43. The van der Waals surface area contributed by atoms with Gasteiger partial charge >= 0.3 is 5.97 Å². The molecule has 0 N–H and O–H groups in total. The summed E-state index contributed by atoms with van der Waals surface area (Å²) in [5.74, 6) is -0.204. The molecule has 0 aliphatic carbocycles. The monoisotopic (exact) mass is 521 g/mol. The van der Waals surface area contributed by atoms with Crippen molar-refractivity contribution in [2.24, 2.45) is 0 Å². The van der Waals surface area contributed by atoms with Crippen molar-refractivity contribution in [2.75, 3.05) is 7.11 Å². The van der Waals surface area contributed by atoms with E-state index in [4.69, 9.17) is 21.1 Å². The SMILES string of the molecule is COC(=O)c1c(OCc2ccccc2)c2cccc(-c3cccc(Cl)c3)c2c2nc(Br)nn12. The highest BCUT2D eigenvalue weighted by molar-refractivity contribution is 9.10. The first-order valence-electron chi connectivity index (χ1n) is 10.1. The van der Waals surface area contributed by atoms with Crippen LogP contribution in [0.3, 0.4) is 0 Å². The Labute approximate surface area is 202 Å². The molecule has 5 rings (SSSR count). The van der Waals surface area contributed by atoms with Crippen LogP contribution in [-0.4, -0.2) is 27.7 Å². The molecule has 0 fully saturated rings. The molecule has 0 aliphatic heterocycles. The van der Waals surface area contributed by atoms with Gasteiger partial charge in [-0.2, -0.15) is 0 Å². The fourth-order valence-corrected chi connectivity index (χ4v) is 4.38. The number of halogens is 2. The van der Waals surface area contributed by atoms with Gasteiger partial charge in [-0.15, -0.1) is 5.10 Å². The highest BCUT2D eigenvalue weighted by Gasteiger charge is 2.26. The standard InChI is InChI=1S/C25H17BrClN3O3/c1-32-24(31)21-22(33-14-15-7-3-2-4-8-15)19-12-6-11-18(16-9-5-10-17(27)13-16)20(19)23-28-25(26)29-30(21)23/h2-13H,14H2,1H3. The zero-order chi connectivity index (χ0) is 22.9. The van der Waals surface area contributed by atoms with Gasteiger partial charge in [0.15, 0.2) is 17.1 Å². The van der Waals surface area contributed by atoms with Crippen LogP contribution in [-0.2, 0) is 11.3 Å². The van der Waals surface area contributed by atoms with E-state index in [9.17, 15) is 4.79 Å². The van der Waals surface area contributed by atoms with Crippen LogP contribution in [0.5, 0.6) is 5.75 Å². The van der Waals surface area contributed by atoms with Crippen molar-refractivity contribution in [3.63, 3.8) is 0 Å². The molecule has 0 saturated carbocycles. The van der Waals surface area contributed by atoms with E-state index in [1.807, 2.05) is 72.8 Å². The molecule has 0 unspecified atom stereocenters. The van der Waals surface area contributed by atoms with Crippen LogP contribution in [0.4, 0.5) is 0 Å². The highest BCUT2D eigenvalue weighted by atomic mass is 79.9. The second-order valence-corrected chi connectivity index (χ2v) is 8.44. The summed E-state index contributed by atoms with van der Waals surface area (Å²) in [6.45, 7) is 0.267. The number of aromatic nitrogens is 3. The first kappa shape index (κ1) is 21.4. The maximum atomic E-state index is 12.9. The van der Waals surface area contributed by atoms with Crippen LogP contribution in [0, 0.1) is 0 Å². The molecule has 0 radical (unpaired) electrons. The molecule has 0 bridgehead atoms. The molecule has 8 heteroatoms. The summed E-state index contributed by atoms with van der Waals surface area (Å²) in [6.07, 6.45) is 0. The fourth-order valence-electron chi connectivity index (χ4n) is 3.86. The van der Waals surface area contributed by atoms with Crippen molar-refractivity contribution in [3.8, 4) is 16.9 Å². The Morgan fingerprint density at radius 3 is 2.61 bits per heavy atom. The smallest absolute Gasteiger partial charge is 0.360 e. The van der Waals surface area contributed by atoms with Crippen LogP contribution >= 0.6 is 27.5 Å². The van der Waals surface area contributed by atoms with Gasteiger partial charge in [-0.1, -0.05) is 72.3 Å². The summed E-state index contributed by atoms with van der Waals surface area (Å²) in [5, 5.41) is 6.54. The first-order chi connectivity index (χ1) is 16.1. The molecule has 0 atom stereocenters. The molecule has 0 saturated heterocycles. The zero-order valence-electron chi connectivity index (χ0n) is 17.5. The predicted molar refractivity (Wildman–Crippen MR) is 131 cm³/mol. The average molecular weight is 523 g/mol. The second kappa shape index (κ2) is 8.84. The third-order valence-electron chi connectivity index (χ3n) is 5.28. The summed E-state index contributed by atoms with van der Waals surface area (Å²) < 4.78 is 13.2. The van der Waals surface area contributed by atoms with Gasteiger partial charge in [0, 0.05) is 15.8 Å². The number of hydrogen-bond donors (Lipinski definition) is 0. The largest absolute Gasteiger partial charge is 0.486 e. The van der Waals surface area contributed by atoms with E-state index in [1.165, 1.54) is 11.6 Å². The normalized spacial score (nSPS) is 11.1. The quantitative estimate of drug-likeness (QED) is 0.252. The number of pyridine rings is 1. The number of hydrogen-bond acceptors (Lipinski definition) is 5. The minimum atomic E-state index is -0.574. The summed E-state index contributed by atoms with van der Waals surface area (Å²) in [6, 6.07) is 23.1. The van der Waals surface area contributed by atoms with Gasteiger partial charge in [0.1, 0.15) is 6.61 Å². The number of rotatable bonds is 5. The van der Waals surface area contributed by atoms with Gasteiger partial charge in [-0.25, -0.2) is 14.3 Å². The molecule has 2 heterocycles. The fraction of sp³-hybridized carbons (Fsp3) is 0.0800. The Morgan fingerprint density at radius 1 is 1.06 bits per heavy atom. The van der Waals surface area contributed by atoms with Crippen molar-refractivity contribution in [2.45, 2.75) is 6.61 Å². The predicted octanol–water partition coefficient (Wildman–Crippen LogP) is 6.33. The molecule has 3 aromatic carbocycles. The second-order valence-electron chi connectivity index (χ2n) is 7.30. The van der Waals surface area contributed by atoms with Crippen molar-refractivity contribution >= 4 is 49.9 Å². The van der Waals surface area contributed by atoms with E-state index in [2.05, 4.69) is 26.0 Å². The maximum absolute atomic E-state index is 12.9. The lowest BCUT2D eigenvalue weighted by molar-refractivity contribution is 0.0585. The topological polar surface area (TPSA) is 65.7 Å². The minimum absolute atomic E-state index is 0.164. The number of nitrogens with zero attached hydrogens (tertiary/aromatic N) is 3. The van der Waals surface area contributed by atoms with Gasteiger partial charge < -0.3 is 9.47 Å². The molecule has 164 valence electrons. The Hall–Kier alpha value is -3.42. The average Bonchev–Trinajstić information content (AvgIpc) is 3.23. The number of carbonyl (C=O) groups is 1. The Balaban J connectivity index is 1.84. The van der Waals surface area contributed by atoms with Crippen LogP contribution in [0.25, 0.3) is 27.5 Å². The molecule has 0 spiro atoms. The summed E-state index contributed by atoms with van der Waals surface area (Å²) >= 11 is 9.63. The Kier molecular flexibility index (Phi) is 5.74. The number of esters is 1. The molecule has 0 aliphatic rings. The minimum Gasteiger partial charge on any atom is -0.486 e. The molecule has 2 aromatic heterocycles. The van der Waals surface area contributed by atoms with Crippen molar-refractivity contribution < 1.29 is 14.3 Å². The highest BCUT2D eigenvalue weighted by Crippen LogP contribution is 2.39. The number of ether oxygens (including phenoxy) is 2. The van der Waals surface area contributed by atoms with Gasteiger partial charge in [0.05, 0.1) is 7.11 Å². The van der Waals surface area contributed by atoms with Gasteiger partial charge in [0.25, 0.3) is 0 Å². The van der Waals surface area contributed by atoms with E-state index in [0.29, 0.717) is 21.2 Å². The Morgan fingerprint density at radius 2 is 1.85 bits per heavy atom. The van der Waals surface area contributed by atoms with Gasteiger partial charge in [0.2, 0.25) is 4.73 Å².